The first kappa shape index (κ1) is 30.6. The zero-order chi connectivity index (χ0) is 26.8. The second kappa shape index (κ2) is 18.3. The lowest BCUT2D eigenvalue weighted by Gasteiger charge is -2.29. The summed E-state index contributed by atoms with van der Waals surface area (Å²) < 4.78 is 32.2. The summed E-state index contributed by atoms with van der Waals surface area (Å²) in [5, 5.41) is 0. The molecule has 0 saturated carbocycles. The van der Waals surface area contributed by atoms with Crippen LogP contribution >= 0.6 is 0 Å². The third kappa shape index (κ3) is 11.4. The fourth-order valence-electron chi connectivity index (χ4n) is 5.00. The molecule has 1 saturated heterocycles. The first-order valence-electron chi connectivity index (χ1n) is 15.3. The number of unbranched alkanes of at least 4 members (excludes halogenated alkanes) is 10. The summed E-state index contributed by atoms with van der Waals surface area (Å²) in [5.74, 6) is 0.521. The van der Waals surface area contributed by atoms with Gasteiger partial charge in [-0.3, -0.25) is 4.98 Å². The van der Waals surface area contributed by atoms with E-state index in [-0.39, 0.29) is 12.1 Å². The summed E-state index contributed by atoms with van der Waals surface area (Å²) in [4.78, 5) is 4.58. The number of rotatable bonds is 19. The predicted octanol–water partition coefficient (Wildman–Crippen LogP) is 9.30. The first-order valence-corrected chi connectivity index (χ1v) is 15.3. The Kier molecular flexibility index (Phi) is 14.7. The Morgan fingerprint density at radius 3 is 2.16 bits per heavy atom. The van der Waals surface area contributed by atoms with E-state index in [0.717, 1.165) is 55.7 Å². The van der Waals surface area contributed by atoms with Crippen molar-refractivity contribution in [3.8, 4) is 17.0 Å². The molecule has 1 aromatic carbocycles. The SMILES string of the molecule is CCCCCCCCOc1ccc(-c2ccc(CCC3OCC(CCCCCCCC)CO3)cn2)cc1F. The Labute approximate surface area is 230 Å². The number of hydrogen-bond acceptors (Lipinski definition) is 4. The minimum atomic E-state index is -0.333. The third-order valence-corrected chi connectivity index (χ3v) is 7.48. The Morgan fingerprint density at radius 1 is 0.816 bits per heavy atom. The van der Waals surface area contributed by atoms with Gasteiger partial charge in [0.2, 0.25) is 0 Å². The van der Waals surface area contributed by atoms with Crippen LogP contribution in [0.5, 0.6) is 5.75 Å². The van der Waals surface area contributed by atoms with Gasteiger partial charge in [0.1, 0.15) is 0 Å². The molecule has 0 spiro atoms. The topological polar surface area (TPSA) is 40.6 Å². The second-order valence-corrected chi connectivity index (χ2v) is 10.9. The van der Waals surface area contributed by atoms with Gasteiger partial charge in [-0.05, 0) is 49.1 Å². The van der Waals surface area contributed by atoms with Crippen molar-refractivity contribution in [3.05, 3.63) is 47.9 Å². The molecule has 4 nitrogen and oxygen atoms in total. The van der Waals surface area contributed by atoms with Crippen LogP contribution in [0.25, 0.3) is 11.3 Å². The van der Waals surface area contributed by atoms with E-state index in [1.807, 2.05) is 18.3 Å². The number of hydrogen-bond donors (Lipinski definition) is 0. The Morgan fingerprint density at radius 2 is 1.50 bits per heavy atom. The van der Waals surface area contributed by atoms with E-state index in [1.54, 1.807) is 6.07 Å². The quantitative estimate of drug-likeness (QED) is 0.171. The van der Waals surface area contributed by atoms with E-state index >= 15 is 0 Å². The highest BCUT2D eigenvalue weighted by Gasteiger charge is 2.21. The van der Waals surface area contributed by atoms with Crippen molar-refractivity contribution >= 4 is 0 Å². The second-order valence-electron chi connectivity index (χ2n) is 10.9. The van der Waals surface area contributed by atoms with Gasteiger partial charge in [-0.25, -0.2) is 4.39 Å². The monoisotopic (exact) mass is 527 g/mol. The summed E-state index contributed by atoms with van der Waals surface area (Å²) in [5.41, 5.74) is 2.66. The summed E-state index contributed by atoms with van der Waals surface area (Å²) in [6, 6.07) is 9.14. The Hall–Kier alpha value is -1.98. The van der Waals surface area contributed by atoms with Gasteiger partial charge in [-0.1, -0.05) is 90.5 Å². The molecule has 3 rings (SSSR count). The Bertz CT molecular complexity index is 880. The molecular weight excluding hydrogens is 477 g/mol. The van der Waals surface area contributed by atoms with Crippen LogP contribution in [0.1, 0.15) is 109 Å². The minimum Gasteiger partial charge on any atom is -0.491 e. The standard InChI is InChI=1S/C33H50FNO3/c1-3-5-7-9-11-13-15-28-25-37-33(38-26-28)21-17-27-16-19-31(35-24-27)29-18-20-32(30(34)23-29)36-22-14-12-10-8-6-4-2/h16,18-20,23-24,28,33H,3-15,17,21-22,25-26H2,1-2H3. The van der Waals surface area contributed by atoms with Gasteiger partial charge >= 0.3 is 0 Å². The van der Waals surface area contributed by atoms with E-state index in [2.05, 4.69) is 24.9 Å². The molecule has 2 aromatic rings. The average Bonchev–Trinajstić information content (AvgIpc) is 2.95. The molecule has 0 unspecified atom stereocenters. The van der Waals surface area contributed by atoms with E-state index < -0.39 is 0 Å². The van der Waals surface area contributed by atoms with Gasteiger partial charge in [0.15, 0.2) is 17.9 Å². The van der Waals surface area contributed by atoms with Crippen LogP contribution in [0.4, 0.5) is 4.39 Å². The normalized spacial score (nSPS) is 17.6. The maximum Gasteiger partial charge on any atom is 0.165 e. The molecule has 1 aliphatic heterocycles. The molecule has 2 heterocycles. The minimum absolute atomic E-state index is 0.131. The van der Waals surface area contributed by atoms with Crippen LogP contribution in [0.15, 0.2) is 36.5 Å². The smallest absolute Gasteiger partial charge is 0.165 e. The molecule has 5 heteroatoms. The molecule has 0 radical (unpaired) electrons. The lowest BCUT2D eigenvalue weighted by atomic mass is 10.0. The lowest BCUT2D eigenvalue weighted by Crippen LogP contribution is -2.32. The van der Waals surface area contributed by atoms with Crippen LogP contribution in [0, 0.1) is 11.7 Å². The largest absolute Gasteiger partial charge is 0.491 e. The predicted molar refractivity (Wildman–Crippen MR) is 154 cm³/mol. The van der Waals surface area contributed by atoms with Crippen molar-refractivity contribution in [3.63, 3.8) is 0 Å². The number of pyridine rings is 1. The molecule has 0 aliphatic carbocycles. The molecule has 0 atom stereocenters. The highest BCUT2D eigenvalue weighted by molar-refractivity contribution is 5.60. The van der Waals surface area contributed by atoms with E-state index in [1.165, 1.54) is 76.7 Å². The molecular formula is C33H50FNO3. The van der Waals surface area contributed by atoms with Gasteiger partial charge in [0, 0.05) is 24.1 Å². The van der Waals surface area contributed by atoms with Crippen molar-refractivity contribution in [2.75, 3.05) is 19.8 Å². The molecule has 38 heavy (non-hydrogen) atoms. The van der Waals surface area contributed by atoms with Crippen LogP contribution in [0.3, 0.4) is 0 Å². The van der Waals surface area contributed by atoms with E-state index in [0.29, 0.717) is 18.3 Å². The summed E-state index contributed by atoms with van der Waals surface area (Å²) in [7, 11) is 0. The summed E-state index contributed by atoms with van der Waals surface area (Å²) >= 11 is 0. The number of aromatic nitrogens is 1. The fourth-order valence-corrected chi connectivity index (χ4v) is 5.00. The van der Waals surface area contributed by atoms with Crippen molar-refractivity contribution in [2.24, 2.45) is 5.92 Å². The molecule has 212 valence electrons. The van der Waals surface area contributed by atoms with Gasteiger partial charge in [0.25, 0.3) is 0 Å². The molecule has 0 N–H and O–H groups in total. The van der Waals surface area contributed by atoms with Gasteiger partial charge in [-0.15, -0.1) is 0 Å². The number of benzene rings is 1. The number of ether oxygens (including phenoxy) is 3. The van der Waals surface area contributed by atoms with Crippen molar-refractivity contribution in [1.29, 1.82) is 0 Å². The van der Waals surface area contributed by atoms with Crippen molar-refractivity contribution < 1.29 is 18.6 Å². The van der Waals surface area contributed by atoms with Gasteiger partial charge in [-0.2, -0.15) is 0 Å². The summed E-state index contributed by atoms with van der Waals surface area (Å²) in [6.45, 7) is 6.65. The maximum absolute atomic E-state index is 14.6. The Balaban J connectivity index is 1.33. The molecule has 1 fully saturated rings. The highest BCUT2D eigenvalue weighted by atomic mass is 19.1. The van der Waals surface area contributed by atoms with Gasteiger partial charge < -0.3 is 14.2 Å². The maximum atomic E-state index is 14.6. The first-order chi connectivity index (χ1) is 18.7. The molecule has 1 aliphatic rings. The lowest BCUT2D eigenvalue weighted by molar-refractivity contribution is -0.203. The molecule has 0 bridgehead atoms. The molecule has 1 aromatic heterocycles. The van der Waals surface area contributed by atoms with E-state index in [9.17, 15) is 4.39 Å². The van der Waals surface area contributed by atoms with Crippen LogP contribution in [-0.4, -0.2) is 31.1 Å². The number of halogens is 1. The van der Waals surface area contributed by atoms with Gasteiger partial charge in [0.05, 0.1) is 25.5 Å². The van der Waals surface area contributed by atoms with Crippen molar-refractivity contribution in [2.45, 2.75) is 116 Å². The average molecular weight is 528 g/mol. The highest BCUT2D eigenvalue weighted by Crippen LogP contribution is 2.26. The number of nitrogens with zero attached hydrogens (tertiary/aromatic N) is 1. The third-order valence-electron chi connectivity index (χ3n) is 7.48. The van der Waals surface area contributed by atoms with E-state index in [4.69, 9.17) is 14.2 Å². The zero-order valence-corrected chi connectivity index (χ0v) is 23.9. The fraction of sp³-hybridized carbons (Fsp3) is 0.667. The molecule has 0 amide bonds. The zero-order valence-electron chi connectivity index (χ0n) is 23.9. The van der Waals surface area contributed by atoms with Crippen LogP contribution in [0.2, 0.25) is 0 Å². The van der Waals surface area contributed by atoms with Crippen LogP contribution in [-0.2, 0) is 15.9 Å². The van der Waals surface area contributed by atoms with Crippen molar-refractivity contribution in [1.82, 2.24) is 4.98 Å². The summed E-state index contributed by atoms with van der Waals surface area (Å²) in [6.07, 6.45) is 19.7. The number of aryl methyl sites for hydroxylation is 1. The van der Waals surface area contributed by atoms with Crippen LogP contribution < -0.4 is 4.74 Å².